The van der Waals surface area contributed by atoms with Crippen LogP contribution in [0.2, 0.25) is 0 Å². The highest BCUT2D eigenvalue weighted by atomic mass is 16.5. The van der Waals surface area contributed by atoms with Crippen LogP contribution in [0.15, 0.2) is 24.3 Å². The van der Waals surface area contributed by atoms with Crippen LogP contribution in [-0.4, -0.2) is 96.6 Å². The Kier molecular flexibility index (Phi) is 10.4. The van der Waals surface area contributed by atoms with Crippen LogP contribution in [0.4, 0.5) is 0 Å². The third kappa shape index (κ3) is 7.57. The number of benzene rings is 1. The zero-order chi connectivity index (χ0) is 22.8. The molecule has 0 bridgehead atoms. The first-order chi connectivity index (χ1) is 14.8. The third-order valence-electron chi connectivity index (χ3n) is 5.70. The molecule has 2 amide bonds. The molecule has 2 rings (SSSR count). The van der Waals surface area contributed by atoms with Gasteiger partial charge in [-0.2, -0.15) is 0 Å². The molecule has 1 aromatic rings. The largest absolute Gasteiger partial charge is 0.388 e. The first-order valence-electron chi connectivity index (χ1n) is 10.9. The molecule has 8 heteroatoms. The second kappa shape index (κ2) is 12.8. The normalized spacial score (nSPS) is 24.9. The van der Waals surface area contributed by atoms with Gasteiger partial charge in [-0.25, -0.2) is 0 Å². The highest BCUT2D eigenvalue weighted by Gasteiger charge is 2.29. The van der Waals surface area contributed by atoms with Gasteiger partial charge >= 0.3 is 0 Å². The quantitative estimate of drug-likeness (QED) is 0.723. The molecule has 174 valence electrons. The van der Waals surface area contributed by atoms with Gasteiger partial charge in [0.25, 0.3) is 5.91 Å². The minimum Gasteiger partial charge on any atom is -0.388 e. The molecule has 1 saturated heterocycles. The van der Waals surface area contributed by atoms with E-state index in [1.165, 1.54) is 14.0 Å². The molecule has 31 heavy (non-hydrogen) atoms. The van der Waals surface area contributed by atoms with E-state index < -0.39 is 18.3 Å². The number of hydrogen-bond donors (Lipinski definition) is 2. The Hall–Kier alpha value is -2.00. The van der Waals surface area contributed by atoms with Crippen LogP contribution in [0, 0.1) is 6.92 Å². The Balaban J connectivity index is 2.15. The number of aliphatic hydroxyl groups is 2. The van der Waals surface area contributed by atoms with Crippen LogP contribution in [0.3, 0.4) is 0 Å². The molecule has 1 heterocycles. The van der Waals surface area contributed by atoms with Gasteiger partial charge in [-0.15, -0.1) is 0 Å². The summed E-state index contributed by atoms with van der Waals surface area (Å²) in [4.78, 5) is 28.7. The van der Waals surface area contributed by atoms with Gasteiger partial charge in [0.2, 0.25) is 5.91 Å². The summed E-state index contributed by atoms with van der Waals surface area (Å²) in [5, 5.41) is 20.6. The Bertz CT molecular complexity index is 713. The maximum absolute atomic E-state index is 13.1. The molecule has 1 aromatic carbocycles. The van der Waals surface area contributed by atoms with Crippen molar-refractivity contribution in [3.63, 3.8) is 0 Å². The first-order valence-corrected chi connectivity index (χ1v) is 10.9. The van der Waals surface area contributed by atoms with Crippen molar-refractivity contribution in [3.05, 3.63) is 35.4 Å². The van der Waals surface area contributed by atoms with Crippen molar-refractivity contribution < 1.29 is 29.3 Å². The number of methoxy groups -OCH3 is 1. The summed E-state index contributed by atoms with van der Waals surface area (Å²) in [6.07, 6.45) is -0.930. The van der Waals surface area contributed by atoms with Crippen LogP contribution in [0.1, 0.15) is 42.1 Å². The van der Waals surface area contributed by atoms with E-state index in [2.05, 4.69) is 0 Å². The summed E-state index contributed by atoms with van der Waals surface area (Å²) in [6.45, 7) is 5.46. The van der Waals surface area contributed by atoms with E-state index in [4.69, 9.17) is 9.47 Å². The van der Waals surface area contributed by atoms with Gasteiger partial charge in [0.1, 0.15) is 18.3 Å². The maximum atomic E-state index is 13.1. The van der Waals surface area contributed by atoms with Gasteiger partial charge in [0.05, 0.1) is 6.61 Å². The van der Waals surface area contributed by atoms with Crippen molar-refractivity contribution in [1.29, 1.82) is 0 Å². The minimum atomic E-state index is -1.17. The van der Waals surface area contributed by atoms with Gasteiger partial charge in [0, 0.05) is 52.4 Å². The van der Waals surface area contributed by atoms with E-state index in [0.717, 1.165) is 18.4 Å². The Morgan fingerprint density at radius 1 is 1.06 bits per heavy atom. The molecule has 1 aliphatic heterocycles. The molecule has 0 radical (unpaired) electrons. The van der Waals surface area contributed by atoms with E-state index in [-0.39, 0.29) is 25.0 Å². The average molecular weight is 437 g/mol. The first kappa shape index (κ1) is 25.3. The number of carbonyl (C=O) groups excluding carboxylic acids is 2. The topological polar surface area (TPSA) is 99.5 Å². The van der Waals surface area contributed by atoms with Crippen LogP contribution in [0.5, 0.6) is 0 Å². The average Bonchev–Trinajstić information content (AvgIpc) is 2.75. The van der Waals surface area contributed by atoms with E-state index in [1.54, 1.807) is 4.90 Å². The van der Waals surface area contributed by atoms with Crippen molar-refractivity contribution in [3.8, 4) is 0 Å². The van der Waals surface area contributed by atoms with E-state index >= 15 is 0 Å². The van der Waals surface area contributed by atoms with E-state index in [9.17, 15) is 19.8 Å². The predicted octanol–water partition coefficient (Wildman–Crippen LogP) is 1.22. The van der Waals surface area contributed by atoms with Crippen molar-refractivity contribution in [2.45, 2.75) is 51.4 Å². The SMILES string of the molecule is CO[C@H]1CN(C(C)=O)CCCN(C(=O)c2ccccc2C)CCCCOC[C@H](O)[C@@H]1O. The number of ether oxygens (including phenoxy) is 2. The molecule has 0 spiro atoms. The molecular weight excluding hydrogens is 400 g/mol. The molecular formula is C23H36N2O6. The lowest BCUT2D eigenvalue weighted by atomic mass is 10.1. The van der Waals surface area contributed by atoms with Crippen molar-refractivity contribution in [2.24, 2.45) is 0 Å². The minimum absolute atomic E-state index is 0.0154. The highest BCUT2D eigenvalue weighted by molar-refractivity contribution is 5.95. The monoisotopic (exact) mass is 436 g/mol. The zero-order valence-electron chi connectivity index (χ0n) is 18.8. The Morgan fingerprint density at radius 2 is 1.74 bits per heavy atom. The molecule has 3 atom stereocenters. The molecule has 0 saturated carbocycles. The van der Waals surface area contributed by atoms with Crippen LogP contribution in [-0.2, 0) is 14.3 Å². The molecule has 2 N–H and O–H groups in total. The fraction of sp³-hybridized carbons (Fsp3) is 0.652. The molecule has 0 aliphatic carbocycles. The highest BCUT2D eigenvalue weighted by Crippen LogP contribution is 2.14. The number of aryl methyl sites for hydroxylation is 1. The van der Waals surface area contributed by atoms with Crippen LogP contribution in [0.25, 0.3) is 0 Å². The lowest BCUT2D eigenvalue weighted by molar-refractivity contribution is -0.136. The molecule has 8 nitrogen and oxygen atoms in total. The van der Waals surface area contributed by atoms with Gasteiger partial charge in [0.15, 0.2) is 0 Å². The Morgan fingerprint density at radius 3 is 2.42 bits per heavy atom. The standard InChI is InChI=1S/C23H36N2O6/c1-17-9-4-5-10-19(17)23(29)24-11-6-7-14-31-16-20(27)22(28)21(30-3)15-25(18(2)26)13-8-12-24/h4-5,9-10,20-22,27-28H,6-8,11-16H2,1-3H3/t20-,21-,22-/m0/s1. The smallest absolute Gasteiger partial charge is 0.254 e. The summed E-state index contributed by atoms with van der Waals surface area (Å²) in [5.74, 6) is -0.167. The van der Waals surface area contributed by atoms with Gasteiger partial charge < -0.3 is 29.5 Å². The van der Waals surface area contributed by atoms with Crippen LogP contribution < -0.4 is 0 Å². The fourth-order valence-electron chi connectivity index (χ4n) is 3.72. The molecule has 0 aromatic heterocycles. The van der Waals surface area contributed by atoms with E-state index in [0.29, 0.717) is 38.2 Å². The Labute approximate surface area is 184 Å². The molecule has 1 aliphatic rings. The summed E-state index contributed by atoms with van der Waals surface area (Å²) >= 11 is 0. The summed E-state index contributed by atoms with van der Waals surface area (Å²) < 4.78 is 10.9. The zero-order valence-corrected chi connectivity index (χ0v) is 18.8. The second-order valence-electron chi connectivity index (χ2n) is 8.04. The predicted molar refractivity (Wildman–Crippen MR) is 117 cm³/mol. The number of hydrogen-bond acceptors (Lipinski definition) is 6. The van der Waals surface area contributed by atoms with Gasteiger partial charge in [-0.3, -0.25) is 9.59 Å². The van der Waals surface area contributed by atoms with Crippen LogP contribution >= 0.6 is 0 Å². The summed E-state index contributed by atoms with van der Waals surface area (Å²) in [5.41, 5.74) is 1.62. The van der Waals surface area contributed by atoms with Crippen molar-refractivity contribution >= 4 is 11.8 Å². The van der Waals surface area contributed by atoms with Gasteiger partial charge in [-0.1, -0.05) is 18.2 Å². The fourth-order valence-corrected chi connectivity index (χ4v) is 3.72. The number of amides is 2. The maximum Gasteiger partial charge on any atom is 0.254 e. The summed E-state index contributed by atoms with van der Waals surface area (Å²) in [7, 11) is 1.44. The number of aliphatic hydroxyl groups excluding tert-OH is 2. The van der Waals surface area contributed by atoms with Crippen molar-refractivity contribution in [2.75, 3.05) is 46.5 Å². The lowest BCUT2D eigenvalue weighted by Gasteiger charge is -2.31. The molecule has 1 fully saturated rings. The number of rotatable bonds is 2. The summed E-state index contributed by atoms with van der Waals surface area (Å²) in [6, 6.07) is 7.54. The lowest BCUT2D eigenvalue weighted by Crippen LogP contribution is -2.48. The third-order valence-corrected chi connectivity index (χ3v) is 5.70. The number of carbonyl (C=O) groups is 2. The van der Waals surface area contributed by atoms with Gasteiger partial charge in [-0.05, 0) is 37.8 Å². The van der Waals surface area contributed by atoms with Crippen molar-refractivity contribution in [1.82, 2.24) is 9.80 Å². The number of nitrogens with zero attached hydrogens (tertiary/aromatic N) is 2. The second-order valence-corrected chi connectivity index (χ2v) is 8.04. The van der Waals surface area contributed by atoms with E-state index in [1.807, 2.05) is 36.1 Å². The molecule has 0 unspecified atom stereocenters.